The molecule has 0 fully saturated rings. The lowest BCUT2D eigenvalue weighted by Gasteiger charge is -2.43. The summed E-state index contributed by atoms with van der Waals surface area (Å²) in [4.78, 5) is 6.19. The van der Waals surface area contributed by atoms with Crippen molar-refractivity contribution in [1.29, 1.82) is 0 Å². The number of benzene rings is 1. The largest absolute Gasteiger partial charge is 0.357 e. The summed E-state index contributed by atoms with van der Waals surface area (Å²) in [6, 6.07) is 7.14. The molecule has 1 unspecified atom stereocenters. The van der Waals surface area contributed by atoms with Crippen LogP contribution in [0.1, 0.15) is 39.0 Å². The Morgan fingerprint density at radius 3 is 2.74 bits per heavy atom. The van der Waals surface area contributed by atoms with Gasteiger partial charge in [-0.3, -0.25) is 4.90 Å². The summed E-state index contributed by atoms with van der Waals surface area (Å²) in [5, 5.41) is 1.39. The maximum atomic E-state index is 3.61. The minimum Gasteiger partial charge on any atom is -0.357 e. The molecule has 2 aromatic rings. The van der Waals surface area contributed by atoms with E-state index >= 15 is 0 Å². The van der Waals surface area contributed by atoms with Gasteiger partial charge in [0.15, 0.2) is 0 Å². The molecule has 2 heterocycles. The highest BCUT2D eigenvalue weighted by molar-refractivity contribution is 9.10. The molecule has 19 heavy (non-hydrogen) atoms. The lowest BCUT2D eigenvalue weighted by atomic mass is 9.93. The monoisotopic (exact) mass is 320 g/mol. The lowest BCUT2D eigenvalue weighted by molar-refractivity contribution is 0.0709. The maximum Gasteiger partial charge on any atom is 0.0470 e. The molecule has 0 bridgehead atoms. The quantitative estimate of drug-likeness (QED) is 0.758. The van der Waals surface area contributed by atoms with E-state index in [0.29, 0.717) is 6.04 Å². The van der Waals surface area contributed by atoms with Gasteiger partial charge >= 0.3 is 0 Å². The van der Waals surface area contributed by atoms with Crippen molar-refractivity contribution in [2.24, 2.45) is 0 Å². The maximum absolute atomic E-state index is 3.61. The molecule has 0 amide bonds. The van der Waals surface area contributed by atoms with Gasteiger partial charge in [-0.2, -0.15) is 0 Å². The van der Waals surface area contributed by atoms with E-state index in [4.69, 9.17) is 0 Å². The Bertz CT molecular complexity index is 621. The fourth-order valence-corrected chi connectivity index (χ4v) is 3.64. The molecule has 3 rings (SSSR count). The zero-order valence-corrected chi connectivity index (χ0v) is 13.6. The summed E-state index contributed by atoms with van der Waals surface area (Å²) in [6.45, 7) is 10.3. The zero-order chi connectivity index (χ0) is 13.8. The van der Waals surface area contributed by atoms with E-state index in [2.05, 4.69) is 71.7 Å². The van der Waals surface area contributed by atoms with Gasteiger partial charge in [-0.15, -0.1) is 0 Å². The number of fused-ring (bicyclic) bond motifs is 3. The van der Waals surface area contributed by atoms with E-state index in [1.165, 1.54) is 22.2 Å². The van der Waals surface area contributed by atoms with Crippen molar-refractivity contribution >= 4 is 26.8 Å². The van der Waals surface area contributed by atoms with E-state index in [1.807, 2.05) is 0 Å². The highest BCUT2D eigenvalue weighted by Gasteiger charge is 2.32. The molecule has 0 aliphatic carbocycles. The number of aromatic amines is 1. The second-order valence-electron chi connectivity index (χ2n) is 6.62. The van der Waals surface area contributed by atoms with Crippen LogP contribution < -0.4 is 0 Å². The number of halogens is 1. The van der Waals surface area contributed by atoms with E-state index < -0.39 is 0 Å². The number of H-pyrrole nitrogens is 1. The number of hydrogen-bond acceptors (Lipinski definition) is 1. The molecular weight excluding hydrogens is 300 g/mol. The molecule has 0 radical (unpaired) electrons. The van der Waals surface area contributed by atoms with Gasteiger partial charge in [-0.25, -0.2) is 0 Å². The first kappa shape index (κ1) is 13.2. The van der Waals surface area contributed by atoms with Gasteiger partial charge in [0.1, 0.15) is 0 Å². The highest BCUT2D eigenvalue weighted by atomic mass is 79.9. The highest BCUT2D eigenvalue weighted by Crippen LogP contribution is 2.34. The van der Waals surface area contributed by atoms with Gasteiger partial charge in [0.25, 0.3) is 0 Å². The van der Waals surface area contributed by atoms with Crippen LogP contribution in [0.2, 0.25) is 0 Å². The third-order valence-corrected chi connectivity index (χ3v) is 4.67. The molecule has 0 saturated carbocycles. The lowest BCUT2D eigenvalue weighted by Crippen LogP contribution is -2.49. The van der Waals surface area contributed by atoms with Crippen LogP contribution in [0.3, 0.4) is 0 Å². The standard InChI is InChI=1S/C16H21BrN2/c1-10-7-13-12-6-5-11(17)8-14(12)18-15(13)9-19(10)16(2,3)4/h5-6,8,10,18H,7,9H2,1-4H3. The van der Waals surface area contributed by atoms with Crippen molar-refractivity contribution in [3.8, 4) is 0 Å². The van der Waals surface area contributed by atoms with Crippen LogP contribution in [-0.2, 0) is 13.0 Å². The van der Waals surface area contributed by atoms with Crippen molar-refractivity contribution < 1.29 is 0 Å². The molecule has 102 valence electrons. The molecule has 3 heteroatoms. The fourth-order valence-electron chi connectivity index (χ4n) is 3.28. The first-order valence-corrected chi connectivity index (χ1v) is 7.71. The Balaban J connectivity index is 2.09. The SMILES string of the molecule is CC1Cc2c([nH]c3cc(Br)ccc23)CN1C(C)(C)C. The van der Waals surface area contributed by atoms with Gasteiger partial charge in [0.05, 0.1) is 0 Å². The van der Waals surface area contributed by atoms with Gasteiger partial charge in [-0.1, -0.05) is 22.0 Å². The minimum atomic E-state index is 0.217. The topological polar surface area (TPSA) is 19.0 Å². The summed E-state index contributed by atoms with van der Waals surface area (Å²) in [7, 11) is 0. The predicted octanol–water partition coefficient (Wildman–Crippen LogP) is 4.48. The first-order chi connectivity index (χ1) is 8.86. The van der Waals surface area contributed by atoms with Crippen LogP contribution in [0.4, 0.5) is 0 Å². The second-order valence-corrected chi connectivity index (χ2v) is 7.54. The summed E-state index contributed by atoms with van der Waals surface area (Å²) in [6.07, 6.45) is 1.13. The third-order valence-electron chi connectivity index (χ3n) is 4.18. The zero-order valence-electron chi connectivity index (χ0n) is 12.0. The molecular formula is C16H21BrN2. The third kappa shape index (κ3) is 2.23. The summed E-state index contributed by atoms with van der Waals surface area (Å²) < 4.78 is 1.14. The van der Waals surface area contributed by atoms with Crippen LogP contribution in [0.25, 0.3) is 10.9 Å². The van der Waals surface area contributed by atoms with Crippen molar-refractivity contribution in [3.63, 3.8) is 0 Å². The van der Waals surface area contributed by atoms with Crippen molar-refractivity contribution in [2.75, 3.05) is 0 Å². The fraction of sp³-hybridized carbons (Fsp3) is 0.500. The van der Waals surface area contributed by atoms with Gasteiger partial charge in [0, 0.05) is 39.2 Å². The molecule has 2 nitrogen and oxygen atoms in total. The smallest absolute Gasteiger partial charge is 0.0470 e. The minimum absolute atomic E-state index is 0.217. The van der Waals surface area contributed by atoms with Gasteiger partial charge < -0.3 is 4.98 Å². The number of rotatable bonds is 0. The Labute approximate surface area is 123 Å². The normalized spacial score (nSPS) is 20.8. The van der Waals surface area contributed by atoms with Gasteiger partial charge in [-0.05, 0) is 51.8 Å². The number of aromatic nitrogens is 1. The Kier molecular flexibility index (Phi) is 3.02. The number of nitrogens with zero attached hydrogens (tertiary/aromatic N) is 1. The van der Waals surface area contributed by atoms with Crippen molar-refractivity contribution in [2.45, 2.75) is 52.2 Å². The number of hydrogen-bond donors (Lipinski definition) is 1. The molecule has 1 aromatic carbocycles. The van der Waals surface area contributed by atoms with Crippen LogP contribution in [0.15, 0.2) is 22.7 Å². The molecule has 0 spiro atoms. The van der Waals surface area contributed by atoms with Crippen LogP contribution in [-0.4, -0.2) is 21.5 Å². The van der Waals surface area contributed by atoms with E-state index in [-0.39, 0.29) is 5.54 Å². The molecule has 1 aliphatic heterocycles. The first-order valence-electron chi connectivity index (χ1n) is 6.92. The number of nitrogens with one attached hydrogen (secondary N) is 1. The molecule has 0 saturated heterocycles. The predicted molar refractivity (Wildman–Crippen MR) is 84.5 cm³/mol. The van der Waals surface area contributed by atoms with Gasteiger partial charge in [0.2, 0.25) is 0 Å². The second kappa shape index (κ2) is 4.35. The molecule has 1 aliphatic rings. The average molecular weight is 321 g/mol. The van der Waals surface area contributed by atoms with E-state index in [1.54, 1.807) is 0 Å². The van der Waals surface area contributed by atoms with Crippen LogP contribution in [0.5, 0.6) is 0 Å². The van der Waals surface area contributed by atoms with E-state index in [0.717, 1.165) is 17.4 Å². The Hall–Kier alpha value is -0.800. The molecule has 1 N–H and O–H groups in total. The Morgan fingerprint density at radius 2 is 2.05 bits per heavy atom. The van der Waals surface area contributed by atoms with Crippen LogP contribution >= 0.6 is 15.9 Å². The summed E-state index contributed by atoms with van der Waals surface area (Å²) >= 11 is 3.55. The van der Waals surface area contributed by atoms with Crippen LogP contribution in [0, 0.1) is 0 Å². The molecule has 1 atom stereocenters. The summed E-state index contributed by atoms with van der Waals surface area (Å²) in [5.41, 5.74) is 4.37. The van der Waals surface area contributed by atoms with Crippen molar-refractivity contribution in [1.82, 2.24) is 9.88 Å². The van der Waals surface area contributed by atoms with Crippen molar-refractivity contribution in [3.05, 3.63) is 33.9 Å². The summed E-state index contributed by atoms with van der Waals surface area (Å²) in [5.74, 6) is 0. The Morgan fingerprint density at radius 1 is 1.32 bits per heavy atom. The van der Waals surface area contributed by atoms with E-state index in [9.17, 15) is 0 Å². The molecule has 1 aromatic heterocycles. The average Bonchev–Trinajstić information content (AvgIpc) is 2.63.